The second kappa shape index (κ2) is 5.33. The highest BCUT2D eigenvalue weighted by molar-refractivity contribution is 5.29. The summed E-state index contributed by atoms with van der Waals surface area (Å²) in [6.45, 7) is 4.23. The van der Waals surface area contributed by atoms with Crippen LogP contribution in [0.25, 0.3) is 0 Å². The van der Waals surface area contributed by atoms with Crippen molar-refractivity contribution in [3.05, 3.63) is 52.8 Å². The largest absolute Gasteiger partial charge is 0.275 e. The topological polar surface area (TPSA) is 55.9 Å². The minimum absolute atomic E-state index is 0.0485. The number of aryl methyl sites for hydroxylation is 3. The Labute approximate surface area is 108 Å². The maximum absolute atomic E-state index is 5.64. The number of aromatic nitrogens is 2. The van der Waals surface area contributed by atoms with Crippen molar-refractivity contribution in [2.75, 3.05) is 0 Å². The molecule has 0 spiro atoms. The van der Waals surface area contributed by atoms with E-state index in [-0.39, 0.29) is 6.04 Å². The van der Waals surface area contributed by atoms with Gasteiger partial charge in [0.2, 0.25) is 0 Å². The molecule has 1 heterocycles. The molecule has 96 valence electrons. The summed E-state index contributed by atoms with van der Waals surface area (Å²) in [4.78, 5) is 0. The van der Waals surface area contributed by atoms with Gasteiger partial charge in [-0.25, -0.2) is 0 Å². The molecule has 1 atom stereocenters. The van der Waals surface area contributed by atoms with E-state index in [1.54, 1.807) is 4.68 Å². The van der Waals surface area contributed by atoms with Crippen molar-refractivity contribution in [3.63, 3.8) is 0 Å². The average molecular weight is 244 g/mol. The molecule has 0 amide bonds. The molecule has 0 aliphatic rings. The van der Waals surface area contributed by atoms with E-state index in [2.05, 4.69) is 42.6 Å². The van der Waals surface area contributed by atoms with Crippen LogP contribution in [0.1, 0.15) is 28.4 Å². The third-order valence-electron chi connectivity index (χ3n) is 3.01. The quantitative estimate of drug-likeness (QED) is 0.637. The summed E-state index contributed by atoms with van der Waals surface area (Å²) in [7, 11) is 1.91. The van der Waals surface area contributed by atoms with Crippen molar-refractivity contribution in [3.8, 4) is 0 Å². The van der Waals surface area contributed by atoms with Gasteiger partial charge in [0.05, 0.1) is 11.7 Å². The summed E-state index contributed by atoms with van der Waals surface area (Å²) < 4.78 is 1.79. The standard InChI is InChI=1S/C14H20N4/c1-10-6-11(2)8-12(7-10)9-14(16-15)13-4-5-18(3)17-13/h4-8,14,16H,9,15H2,1-3H3. The lowest BCUT2D eigenvalue weighted by atomic mass is 10.00. The fraction of sp³-hybridized carbons (Fsp3) is 0.357. The number of hydrogen-bond donors (Lipinski definition) is 2. The monoisotopic (exact) mass is 244 g/mol. The predicted octanol–water partition coefficient (Wildman–Crippen LogP) is 1.78. The van der Waals surface area contributed by atoms with Crippen molar-refractivity contribution in [1.29, 1.82) is 0 Å². The van der Waals surface area contributed by atoms with Gasteiger partial charge in [-0.15, -0.1) is 0 Å². The summed E-state index contributed by atoms with van der Waals surface area (Å²) >= 11 is 0. The van der Waals surface area contributed by atoms with Crippen molar-refractivity contribution in [2.24, 2.45) is 12.9 Å². The maximum Gasteiger partial charge on any atom is 0.0810 e. The number of nitrogens with one attached hydrogen (secondary N) is 1. The zero-order chi connectivity index (χ0) is 13.1. The van der Waals surface area contributed by atoms with Gasteiger partial charge in [0.25, 0.3) is 0 Å². The Hall–Kier alpha value is -1.65. The molecular weight excluding hydrogens is 224 g/mol. The minimum atomic E-state index is 0.0485. The average Bonchev–Trinajstić information content (AvgIpc) is 2.71. The number of nitrogens with zero attached hydrogens (tertiary/aromatic N) is 2. The van der Waals surface area contributed by atoms with Gasteiger partial charge in [0, 0.05) is 13.2 Å². The van der Waals surface area contributed by atoms with Crippen LogP contribution in [0, 0.1) is 13.8 Å². The summed E-state index contributed by atoms with van der Waals surface area (Å²) in [5.74, 6) is 5.64. The van der Waals surface area contributed by atoms with E-state index in [4.69, 9.17) is 5.84 Å². The number of hydrogen-bond acceptors (Lipinski definition) is 3. The number of hydrazine groups is 1. The SMILES string of the molecule is Cc1cc(C)cc(CC(NN)c2ccn(C)n2)c1. The molecule has 18 heavy (non-hydrogen) atoms. The lowest BCUT2D eigenvalue weighted by Crippen LogP contribution is -2.30. The summed E-state index contributed by atoms with van der Waals surface area (Å²) in [5.41, 5.74) is 7.65. The molecule has 1 unspecified atom stereocenters. The molecule has 2 rings (SSSR count). The van der Waals surface area contributed by atoms with Gasteiger partial charge in [0.1, 0.15) is 0 Å². The lowest BCUT2D eigenvalue weighted by Gasteiger charge is -2.14. The molecular formula is C14H20N4. The van der Waals surface area contributed by atoms with Crippen molar-refractivity contribution in [1.82, 2.24) is 15.2 Å². The zero-order valence-corrected chi connectivity index (χ0v) is 11.1. The van der Waals surface area contributed by atoms with Crippen LogP contribution in [0.15, 0.2) is 30.5 Å². The molecule has 0 saturated heterocycles. The van der Waals surface area contributed by atoms with E-state index in [1.807, 2.05) is 19.3 Å². The Morgan fingerprint density at radius 2 is 1.94 bits per heavy atom. The van der Waals surface area contributed by atoms with E-state index in [0.717, 1.165) is 12.1 Å². The van der Waals surface area contributed by atoms with Crippen molar-refractivity contribution < 1.29 is 0 Å². The molecule has 1 aromatic carbocycles. The van der Waals surface area contributed by atoms with E-state index in [0.29, 0.717) is 0 Å². The van der Waals surface area contributed by atoms with E-state index < -0.39 is 0 Å². The predicted molar refractivity (Wildman–Crippen MR) is 72.9 cm³/mol. The molecule has 4 nitrogen and oxygen atoms in total. The van der Waals surface area contributed by atoms with Gasteiger partial charge in [-0.1, -0.05) is 29.3 Å². The van der Waals surface area contributed by atoms with Crippen molar-refractivity contribution in [2.45, 2.75) is 26.3 Å². The summed E-state index contributed by atoms with van der Waals surface area (Å²) in [5, 5.41) is 4.40. The highest BCUT2D eigenvalue weighted by Crippen LogP contribution is 2.18. The molecule has 0 aliphatic carbocycles. The van der Waals surface area contributed by atoms with Crippen LogP contribution in [-0.4, -0.2) is 9.78 Å². The first-order chi connectivity index (χ1) is 8.58. The van der Waals surface area contributed by atoms with Gasteiger partial charge in [-0.05, 0) is 31.9 Å². The Morgan fingerprint density at radius 1 is 1.28 bits per heavy atom. The normalized spacial score (nSPS) is 12.7. The zero-order valence-electron chi connectivity index (χ0n) is 11.1. The fourth-order valence-corrected chi connectivity index (χ4v) is 2.29. The second-order valence-corrected chi connectivity index (χ2v) is 4.83. The third-order valence-corrected chi connectivity index (χ3v) is 3.01. The molecule has 0 saturated carbocycles. The molecule has 2 aromatic rings. The molecule has 0 bridgehead atoms. The molecule has 4 heteroatoms. The molecule has 3 N–H and O–H groups in total. The second-order valence-electron chi connectivity index (χ2n) is 4.83. The summed E-state index contributed by atoms with van der Waals surface area (Å²) in [6, 6.07) is 8.61. The van der Waals surface area contributed by atoms with E-state index in [1.165, 1.54) is 16.7 Å². The molecule has 0 radical (unpaired) electrons. The lowest BCUT2D eigenvalue weighted by molar-refractivity contribution is 0.529. The van der Waals surface area contributed by atoms with E-state index in [9.17, 15) is 0 Å². The third kappa shape index (κ3) is 2.97. The Morgan fingerprint density at radius 3 is 2.44 bits per heavy atom. The van der Waals surface area contributed by atoms with Gasteiger partial charge in [0.15, 0.2) is 0 Å². The van der Waals surface area contributed by atoms with Gasteiger partial charge in [-0.2, -0.15) is 5.10 Å². The number of nitrogens with two attached hydrogens (primary N) is 1. The molecule has 1 aromatic heterocycles. The van der Waals surface area contributed by atoms with Crippen LogP contribution >= 0.6 is 0 Å². The summed E-state index contributed by atoms with van der Waals surface area (Å²) in [6.07, 6.45) is 2.78. The first-order valence-electron chi connectivity index (χ1n) is 6.11. The number of benzene rings is 1. The van der Waals surface area contributed by atoms with Gasteiger partial charge < -0.3 is 0 Å². The minimum Gasteiger partial charge on any atom is -0.275 e. The van der Waals surface area contributed by atoms with Crippen LogP contribution < -0.4 is 11.3 Å². The maximum atomic E-state index is 5.64. The Balaban J connectivity index is 2.20. The van der Waals surface area contributed by atoms with E-state index >= 15 is 0 Å². The van der Waals surface area contributed by atoms with Gasteiger partial charge in [-0.3, -0.25) is 16.0 Å². The number of rotatable bonds is 4. The highest BCUT2D eigenvalue weighted by Gasteiger charge is 2.13. The smallest absolute Gasteiger partial charge is 0.0810 e. The van der Waals surface area contributed by atoms with Crippen LogP contribution in [0.4, 0.5) is 0 Å². The first-order valence-corrected chi connectivity index (χ1v) is 6.11. The van der Waals surface area contributed by atoms with Crippen molar-refractivity contribution >= 4 is 0 Å². The van der Waals surface area contributed by atoms with Crippen LogP contribution in [0.2, 0.25) is 0 Å². The first kappa shape index (κ1) is 12.8. The Bertz CT molecular complexity index is 510. The molecule has 0 fully saturated rings. The molecule has 0 aliphatic heterocycles. The fourth-order valence-electron chi connectivity index (χ4n) is 2.29. The van der Waals surface area contributed by atoms with Gasteiger partial charge >= 0.3 is 0 Å². The van der Waals surface area contributed by atoms with Crippen LogP contribution in [-0.2, 0) is 13.5 Å². The highest BCUT2D eigenvalue weighted by atomic mass is 15.3. The van der Waals surface area contributed by atoms with Crippen LogP contribution in [0.3, 0.4) is 0 Å². The van der Waals surface area contributed by atoms with Crippen LogP contribution in [0.5, 0.6) is 0 Å². The Kier molecular flexibility index (Phi) is 3.79.